The van der Waals surface area contributed by atoms with Gasteiger partial charge in [0.1, 0.15) is 12.1 Å². The number of nitrogens with zero attached hydrogens (tertiary/aromatic N) is 2. The molecule has 2 N–H and O–H groups in total. The van der Waals surface area contributed by atoms with Gasteiger partial charge in [-0.2, -0.15) is 0 Å². The summed E-state index contributed by atoms with van der Waals surface area (Å²) in [6, 6.07) is 1.93. The average Bonchev–Trinajstić information content (AvgIpc) is 2.24. The Hall–Kier alpha value is -1.16. The van der Waals surface area contributed by atoms with Crippen LogP contribution >= 0.6 is 0 Å². The van der Waals surface area contributed by atoms with Crippen LogP contribution in [0.5, 0.6) is 0 Å². The van der Waals surface area contributed by atoms with E-state index in [1.165, 1.54) is 0 Å². The molecule has 0 aromatic carbocycles. The highest BCUT2D eigenvalue weighted by Crippen LogP contribution is 2.06. The van der Waals surface area contributed by atoms with Gasteiger partial charge in [-0.25, -0.2) is 9.97 Å². The first-order chi connectivity index (χ1) is 7.22. The summed E-state index contributed by atoms with van der Waals surface area (Å²) in [4.78, 5) is 8.13. The van der Waals surface area contributed by atoms with Crippen molar-refractivity contribution in [1.82, 2.24) is 9.97 Å². The highest BCUT2D eigenvalue weighted by atomic mass is 16.3. The molecule has 1 heterocycles. The van der Waals surface area contributed by atoms with Crippen molar-refractivity contribution in [2.75, 3.05) is 18.5 Å². The molecule has 0 saturated carbocycles. The Labute approximate surface area is 90.8 Å². The van der Waals surface area contributed by atoms with Crippen molar-refractivity contribution in [3.05, 3.63) is 18.1 Å². The molecule has 0 saturated heterocycles. The smallest absolute Gasteiger partial charge is 0.129 e. The number of aryl methyl sites for hydroxylation is 1. The molecule has 0 radical (unpaired) electrons. The van der Waals surface area contributed by atoms with Crippen LogP contribution in [0.4, 0.5) is 5.82 Å². The highest BCUT2D eigenvalue weighted by molar-refractivity contribution is 5.33. The van der Waals surface area contributed by atoms with Crippen molar-refractivity contribution in [3.63, 3.8) is 0 Å². The summed E-state index contributed by atoms with van der Waals surface area (Å²) in [5, 5.41) is 12.1. The van der Waals surface area contributed by atoms with Crippen molar-refractivity contribution in [1.29, 1.82) is 0 Å². The third kappa shape index (κ3) is 4.74. The molecule has 4 heteroatoms. The lowest BCUT2D eigenvalue weighted by atomic mass is 10.1. The van der Waals surface area contributed by atoms with Gasteiger partial charge in [-0.1, -0.05) is 6.92 Å². The van der Waals surface area contributed by atoms with E-state index in [-0.39, 0.29) is 6.61 Å². The topological polar surface area (TPSA) is 58.0 Å². The summed E-state index contributed by atoms with van der Waals surface area (Å²) >= 11 is 0. The van der Waals surface area contributed by atoms with Gasteiger partial charge in [0.2, 0.25) is 0 Å². The standard InChI is InChI=1S/C11H19N3O/c1-9(7-15)4-3-5-12-11-6-10(2)13-8-14-11/h6,8-9,15H,3-5,7H2,1-2H3,(H,12,13,14). The quantitative estimate of drug-likeness (QED) is 0.699. The predicted octanol–water partition coefficient (Wildman–Crippen LogP) is 1.61. The minimum atomic E-state index is 0.270. The molecule has 1 rings (SSSR count). The zero-order valence-electron chi connectivity index (χ0n) is 9.40. The van der Waals surface area contributed by atoms with Crippen molar-refractivity contribution in [3.8, 4) is 0 Å². The SMILES string of the molecule is Cc1cc(NCCCC(C)CO)ncn1. The molecule has 0 aliphatic rings. The van der Waals surface area contributed by atoms with E-state index in [9.17, 15) is 0 Å². The lowest BCUT2D eigenvalue weighted by Crippen LogP contribution is -2.07. The van der Waals surface area contributed by atoms with Crippen molar-refractivity contribution >= 4 is 5.82 Å². The number of aliphatic hydroxyl groups excluding tert-OH is 1. The number of rotatable bonds is 6. The van der Waals surface area contributed by atoms with Gasteiger partial charge in [0.05, 0.1) is 0 Å². The van der Waals surface area contributed by atoms with Gasteiger partial charge >= 0.3 is 0 Å². The van der Waals surface area contributed by atoms with Crippen LogP contribution in [0, 0.1) is 12.8 Å². The van der Waals surface area contributed by atoms with E-state index in [0.717, 1.165) is 30.9 Å². The molecule has 0 aliphatic carbocycles. The van der Waals surface area contributed by atoms with E-state index in [1.807, 2.05) is 13.0 Å². The molecule has 15 heavy (non-hydrogen) atoms. The highest BCUT2D eigenvalue weighted by Gasteiger charge is 1.99. The van der Waals surface area contributed by atoms with Gasteiger partial charge in [-0.05, 0) is 25.7 Å². The molecule has 1 atom stereocenters. The van der Waals surface area contributed by atoms with Crippen LogP contribution in [0.1, 0.15) is 25.5 Å². The van der Waals surface area contributed by atoms with Crippen LogP contribution in [-0.4, -0.2) is 28.2 Å². The van der Waals surface area contributed by atoms with Crippen molar-refractivity contribution in [2.45, 2.75) is 26.7 Å². The van der Waals surface area contributed by atoms with Crippen LogP contribution < -0.4 is 5.32 Å². The Morgan fingerprint density at radius 1 is 1.47 bits per heavy atom. The molecule has 0 bridgehead atoms. The fourth-order valence-corrected chi connectivity index (χ4v) is 1.31. The minimum Gasteiger partial charge on any atom is -0.396 e. The lowest BCUT2D eigenvalue weighted by molar-refractivity contribution is 0.229. The van der Waals surface area contributed by atoms with E-state index < -0.39 is 0 Å². The van der Waals surface area contributed by atoms with Crippen LogP contribution in [0.25, 0.3) is 0 Å². The second-order valence-corrected chi connectivity index (χ2v) is 3.90. The number of hydrogen-bond donors (Lipinski definition) is 2. The summed E-state index contributed by atoms with van der Waals surface area (Å²) in [6.45, 7) is 5.16. The summed E-state index contributed by atoms with van der Waals surface area (Å²) in [6.07, 6.45) is 3.65. The molecular formula is C11H19N3O. The zero-order chi connectivity index (χ0) is 11.1. The fourth-order valence-electron chi connectivity index (χ4n) is 1.31. The first-order valence-electron chi connectivity index (χ1n) is 5.35. The predicted molar refractivity (Wildman–Crippen MR) is 60.7 cm³/mol. The van der Waals surface area contributed by atoms with Crippen LogP contribution in [-0.2, 0) is 0 Å². The maximum Gasteiger partial charge on any atom is 0.129 e. The molecule has 1 aromatic rings. The molecule has 0 fully saturated rings. The van der Waals surface area contributed by atoms with Gasteiger partial charge < -0.3 is 10.4 Å². The van der Waals surface area contributed by atoms with Gasteiger partial charge in [0, 0.05) is 24.9 Å². The fraction of sp³-hybridized carbons (Fsp3) is 0.636. The molecule has 4 nitrogen and oxygen atoms in total. The van der Waals surface area contributed by atoms with E-state index in [1.54, 1.807) is 6.33 Å². The number of nitrogens with one attached hydrogen (secondary N) is 1. The van der Waals surface area contributed by atoms with E-state index in [2.05, 4.69) is 22.2 Å². The van der Waals surface area contributed by atoms with Gasteiger partial charge in [-0.15, -0.1) is 0 Å². The second kappa shape index (κ2) is 6.35. The summed E-state index contributed by atoms with van der Waals surface area (Å²) in [7, 11) is 0. The summed E-state index contributed by atoms with van der Waals surface area (Å²) in [5.74, 6) is 1.26. The third-order valence-corrected chi connectivity index (χ3v) is 2.30. The first kappa shape index (κ1) is 11.9. The molecule has 84 valence electrons. The number of aliphatic hydroxyl groups is 1. The molecule has 0 aliphatic heterocycles. The Bertz CT molecular complexity index is 291. The van der Waals surface area contributed by atoms with Crippen LogP contribution in [0.3, 0.4) is 0 Å². The first-order valence-corrected chi connectivity index (χ1v) is 5.35. The molecular weight excluding hydrogens is 190 g/mol. The Morgan fingerprint density at radius 2 is 2.27 bits per heavy atom. The summed E-state index contributed by atoms with van der Waals surface area (Å²) in [5.41, 5.74) is 0.969. The maximum absolute atomic E-state index is 8.85. The Kier molecular flexibility index (Phi) is 5.04. The van der Waals surface area contributed by atoms with Gasteiger partial charge in [0.15, 0.2) is 0 Å². The summed E-state index contributed by atoms with van der Waals surface area (Å²) < 4.78 is 0. The third-order valence-electron chi connectivity index (χ3n) is 2.30. The monoisotopic (exact) mass is 209 g/mol. The zero-order valence-corrected chi connectivity index (χ0v) is 9.40. The molecule has 1 aromatic heterocycles. The number of anilines is 1. The lowest BCUT2D eigenvalue weighted by Gasteiger charge is -2.08. The van der Waals surface area contributed by atoms with Crippen molar-refractivity contribution in [2.24, 2.45) is 5.92 Å². The van der Waals surface area contributed by atoms with E-state index in [0.29, 0.717) is 5.92 Å². The molecule has 1 unspecified atom stereocenters. The van der Waals surface area contributed by atoms with Crippen molar-refractivity contribution < 1.29 is 5.11 Å². The van der Waals surface area contributed by atoms with Gasteiger partial charge in [0.25, 0.3) is 0 Å². The maximum atomic E-state index is 8.85. The molecule has 0 amide bonds. The minimum absolute atomic E-state index is 0.270. The molecule has 0 spiro atoms. The Balaban J connectivity index is 2.20. The van der Waals surface area contributed by atoms with Gasteiger partial charge in [-0.3, -0.25) is 0 Å². The van der Waals surface area contributed by atoms with E-state index in [4.69, 9.17) is 5.11 Å². The van der Waals surface area contributed by atoms with E-state index >= 15 is 0 Å². The second-order valence-electron chi connectivity index (χ2n) is 3.90. The Morgan fingerprint density at radius 3 is 2.93 bits per heavy atom. The average molecular weight is 209 g/mol. The largest absolute Gasteiger partial charge is 0.396 e. The normalized spacial score (nSPS) is 12.5. The number of hydrogen-bond acceptors (Lipinski definition) is 4. The van der Waals surface area contributed by atoms with Crippen LogP contribution in [0.15, 0.2) is 12.4 Å². The van der Waals surface area contributed by atoms with Crippen LogP contribution in [0.2, 0.25) is 0 Å². The number of aromatic nitrogens is 2.